The molecule has 5 heteroatoms. The third kappa shape index (κ3) is 3.28. The zero-order chi connectivity index (χ0) is 15.6. The van der Waals surface area contributed by atoms with Crippen molar-refractivity contribution in [1.29, 1.82) is 0 Å². The molecule has 0 aromatic carbocycles. The lowest BCUT2D eigenvalue weighted by Gasteiger charge is -2.42. The molecule has 1 fully saturated rings. The van der Waals surface area contributed by atoms with E-state index in [1.165, 1.54) is 4.88 Å². The van der Waals surface area contributed by atoms with Crippen LogP contribution in [0.5, 0.6) is 0 Å². The smallest absolute Gasteiger partial charge is 0.246 e. The SMILES string of the molecule is CCC(C)C1NC(=O)C(C)N(C(C)Cc2cccs2)C1=O. The highest BCUT2D eigenvalue weighted by Crippen LogP contribution is 2.22. The molecule has 21 heavy (non-hydrogen) atoms. The Morgan fingerprint density at radius 3 is 2.67 bits per heavy atom. The Kier molecular flexibility index (Phi) is 5.04. The first-order chi connectivity index (χ1) is 9.95. The second-order valence-electron chi connectivity index (χ2n) is 5.93. The van der Waals surface area contributed by atoms with Crippen molar-refractivity contribution in [3.63, 3.8) is 0 Å². The maximum absolute atomic E-state index is 12.8. The molecule has 0 saturated carbocycles. The molecule has 0 spiro atoms. The molecule has 1 N–H and O–H groups in total. The molecule has 1 aromatic heterocycles. The van der Waals surface area contributed by atoms with Crippen LogP contribution in [0.15, 0.2) is 17.5 Å². The molecule has 0 radical (unpaired) electrons. The summed E-state index contributed by atoms with van der Waals surface area (Å²) in [5.41, 5.74) is 0. The van der Waals surface area contributed by atoms with Crippen LogP contribution in [0.3, 0.4) is 0 Å². The van der Waals surface area contributed by atoms with Crippen LogP contribution in [0.2, 0.25) is 0 Å². The number of carbonyl (C=O) groups excluding carboxylic acids is 2. The van der Waals surface area contributed by atoms with E-state index < -0.39 is 6.04 Å². The minimum absolute atomic E-state index is 0.0313. The monoisotopic (exact) mass is 308 g/mol. The molecule has 0 bridgehead atoms. The van der Waals surface area contributed by atoms with Crippen LogP contribution in [0.25, 0.3) is 0 Å². The van der Waals surface area contributed by atoms with Gasteiger partial charge in [0.2, 0.25) is 11.8 Å². The first-order valence-corrected chi connectivity index (χ1v) is 8.48. The van der Waals surface area contributed by atoms with E-state index >= 15 is 0 Å². The fourth-order valence-electron chi connectivity index (χ4n) is 2.85. The highest BCUT2D eigenvalue weighted by molar-refractivity contribution is 7.09. The van der Waals surface area contributed by atoms with Gasteiger partial charge in [0.05, 0.1) is 0 Å². The fourth-order valence-corrected chi connectivity index (χ4v) is 3.68. The summed E-state index contributed by atoms with van der Waals surface area (Å²) in [6.45, 7) is 7.90. The summed E-state index contributed by atoms with van der Waals surface area (Å²) < 4.78 is 0. The molecule has 4 unspecified atom stereocenters. The Bertz CT molecular complexity index is 500. The van der Waals surface area contributed by atoms with Gasteiger partial charge in [-0.15, -0.1) is 11.3 Å². The van der Waals surface area contributed by atoms with Gasteiger partial charge in [-0.05, 0) is 31.2 Å². The average Bonchev–Trinajstić information content (AvgIpc) is 2.95. The predicted octanol–water partition coefficient (Wildman–Crippen LogP) is 2.44. The van der Waals surface area contributed by atoms with Gasteiger partial charge >= 0.3 is 0 Å². The largest absolute Gasteiger partial charge is 0.342 e. The number of rotatable bonds is 5. The van der Waals surface area contributed by atoms with E-state index in [2.05, 4.69) is 11.4 Å². The number of nitrogens with one attached hydrogen (secondary N) is 1. The molecule has 1 aliphatic rings. The Hall–Kier alpha value is -1.36. The van der Waals surface area contributed by atoms with Gasteiger partial charge in [-0.1, -0.05) is 26.3 Å². The highest BCUT2D eigenvalue weighted by Gasteiger charge is 2.41. The van der Waals surface area contributed by atoms with Gasteiger partial charge < -0.3 is 10.2 Å². The number of piperazine rings is 1. The summed E-state index contributed by atoms with van der Waals surface area (Å²) in [5, 5.41) is 4.92. The second-order valence-corrected chi connectivity index (χ2v) is 6.96. The number of carbonyl (C=O) groups is 2. The molecule has 116 valence electrons. The lowest BCUT2D eigenvalue weighted by molar-refractivity contribution is -0.152. The van der Waals surface area contributed by atoms with Gasteiger partial charge in [0, 0.05) is 17.3 Å². The number of hydrogen-bond acceptors (Lipinski definition) is 3. The van der Waals surface area contributed by atoms with Crippen molar-refractivity contribution in [3.05, 3.63) is 22.4 Å². The lowest BCUT2D eigenvalue weighted by Crippen LogP contribution is -2.66. The van der Waals surface area contributed by atoms with Crippen LogP contribution in [0.1, 0.15) is 39.0 Å². The second kappa shape index (κ2) is 6.60. The number of hydrogen-bond donors (Lipinski definition) is 1. The quantitative estimate of drug-likeness (QED) is 0.908. The van der Waals surface area contributed by atoms with Crippen molar-refractivity contribution in [2.24, 2.45) is 5.92 Å². The van der Waals surface area contributed by atoms with E-state index in [1.54, 1.807) is 16.2 Å². The Balaban J connectivity index is 2.17. The van der Waals surface area contributed by atoms with Crippen molar-refractivity contribution in [1.82, 2.24) is 10.2 Å². The molecule has 1 saturated heterocycles. The third-order valence-corrected chi connectivity index (χ3v) is 5.28. The van der Waals surface area contributed by atoms with Crippen LogP contribution < -0.4 is 5.32 Å². The van der Waals surface area contributed by atoms with Gasteiger partial charge in [-0.2, -0.15) is 0 Å². The van der Waals surface area contributed by atoms with Gasteiger partial charge in [-0.25, -0.2) is 0 Å². The maximum atomic E-state index is 12.8. The topological polar surface area (TPSA) is 49.4 Å². The van der Waals surface area contributed by atoms with Crippen LogP contribution in [0, 0.1) is 5.92 Å². The normalized spacial score (nSPS) is 25.6. The van der Waals surface area contributed by atoms with E-state index in [0.29, 0.717) is 0 Å². The van der Waals surface area contributed by atoms with Crippen LogP contribution in [-0.4, -0.2) is 34.8 Å². The molecule has 1 aliphatic heterocycles. The fraction of sp³-hybridized carbons (Fsp3) is 0.625. The molecule has 1 aromatic rings. The van der Waals surface area contributed by atoms with Crippen LogP contribution in [-0.2, 0) is 16.0 Å². The molecule has 4 nitrogen and oxygen atoms in total. The molecule has 2 amide bonds. The Morgan fingerprint density at radius 1 is 1.38 bits per heavy atom. The zero-order valence-corrected chi connectivity index (χ0v) is 13.9. The third-order valence-electron chi connectivity index (χ3n) is 4.38. The van der Waals surface area contributed by atoms with E-state index in [9.17, 15) is 9.59 Å². The molecule has 2 heterocycles. The minimum atomic E-state index is -0.396. The summed E-state index contributed by atoms with van der Waals surface area (Å²) >= 11 is 1.69. The maximum Gasteiger partial charge on any atom is 0.246 e. The standard InChI is InChI=1S/C16H24N2O2S/c1-5-10(2)14-16(20)18(12(4)15(19)17-14)11(3)9-13-7-6-8-21-13/h6-8,10-12,14H,5,9H2,1-4H3,(H,17,19). The van der Waals surface area contributed by atoms with E-state index in [4.69, 9.17) is 0 Å². The minimum Gasteiger partial charge on any atom is -0.342 e. The van der Waals surface area contributed by atoms with Gasteiger partial charge in [-0.3, -0.25) is 9.59 Å². The van der Waals surface area contributed by atoms with E-state index in [-0.39, 0.29) is 29.8 Å². The summed E-state index contributed by atoms with van der Waals surface area (Å²) in [6.07, 6.45) is 1.67. The summed E-state index contributed by atoms with van der Waals surface area (Å²) in [6, 6.07) is 3.34. The van der Waals surface area contributed by atoms with Gasteiger partial charge in [0.1, 0.15) is 12.1 Å². The van der Waals surface area contributed by atoms with Crippen LogP contribution >= 0.6 is 11.3 Å². The first-order valence-electron chi connectivity index (χ1n) is 7.60. The first kappa shape index (κ1) is 16.0. The summed E-state index contributed by atoms with van der Waals surface area (Å²) in [4.78, 5) is 28.0. The average molecular weight is 308 g/mol. The van der Waals surface area contributed by atoms with Gasteiger partial charge in [0.25, 0.3) is 0 Å². The Morgan fingerprint density at radius 2 is 2.10 bits per heavy atom. The number of amides is 2. The van der Waals surface area contributed by atoms with Crippen molar-refractivity contribution in [2.75, 3.05) is 0 Å². The van der Waals surface area contributed by atoms with Crippen molar-refractivity contribution >= 4 is 23.2 Å². The lowest BCUT2D eigenvalue weighted by atomic mass is 9.93. The number of nitrogens with zero attached hydrogens (tertiary/aromatic N) is 1. The van der Waals surface area contributed by atoms with Crippen molar-refractivity contribution in [3.8, 4) is 0 Å². The highest BCUT2D eigenvalue weighted by atomic mass is 32.1. The molecule has 0 aliphatic carbocycles. The van der Waals surface area contributed by atoms with E-state index in [0.717, 1.165) is 12.8 Å². The van der Waals surface area contributed by atoms with Gasteiger partial charge in [0.15, 0.2) is 0 Å². The Labute approximate surface area is 130 Å². The van der Waals surface area contributed by atoms with E-state index in [1.807, 2.05) is 39.1 Å². The van der Waals surface area contributed by atoms with Crippen molar-refractivity contribution in [2.45, 2.75) is 58.7 Å². The zero-order valence-electron chi connectivity index (χ0n) is 13.1. The predicted molar refractivity (Wildman–Crippen MR) is 85.2 cm³/mol. The molecular formula is C16H24N2O2S. The van der Waals surface area contributed by atoms with Crippen molar-refractivity contribution < 1.29 is 9.59 Å². The molecule has 4 atom stereocenters. The molecule has 2 rings (SSSR count). The van der Waals surface area contributed by atoms with Crippen LogP contribution in [0.4, 0.5) is 0 Å². The summed E-state index contributed by atoms with van der Waals surface area (Å²) in [7, 11) is 0. The number of thiophene rings is 1. The summed E-state index contributed by atoms with van der Waals surface area (Å²) in [5.74, 6) is 0.170. The molecular weight excluding hydrogens is 284 g/mol.